The number of nitrogens with one attached hydrogen (secondary N) is 1. The van der Waals surface area contributed by atoms with Crippen LogP contribution < -0.4 is 10.1 Å². The number of ether oxygens (including phenoxy) is 2. The molecule has 7 nitrogen and oxygen atoms in total. The number of rotatable bonds is 6. The molecule has 3 aromatic rings. The number of aromatic nitrogens is 3. The Kier molecular flexibility index (Phi) is 5.11. The second-order valence-electron chi connectivity index (χ2n) is 6.28. The highest BCUT2D eigenvalue weighted by Gasteiger charge is 2.16. The maximum Gasteiger partial charge on any atom is 0.255 e. The molecule has 2 aromatic heterocycles. The molecular weight excluding hydrogens is 344 g/mol. The Balaban J connectivity index is 1.33. The highest BCUT2D eigenvalue weighted by Crippen LogP contribution is 2.17. The van der Waals surface area contributed by atoms with Gasteiger partial charge < -0.3 is 14.8 Å². The van der Waals surface area contributed by atoms with Crippen LogP contribution in [0.15, 0.2) is 61.1 Å². The number of pyridine rings is 1. The van der Waals surface area contributed by atoms with Gasteiger partial charge in [-0.25, -0.2) is 9.67 Å². The van der Waals surface area contributed by atoms with E-state index in [9.17, 15) is 4.79 Å². The molecule has 27 heavy (non-hydrogen) atoms. The average molecular weight is 364 g/mol. The van der Waals surface area contributed by atoms with Gasteiger partial charge in [-0.05, 0) is 55.3 Å². The summed E-state index contributed by atoms with van der Waals surface area (Å²) in [5.74, 6) is 1.22. The van der Waals surface area contributed by atoms with Crippen LogP contribution in [0.4, 0.5) is 5.69 Å². The molecule has 1 aliphatic rings. The fourth-order valence-electron chi connectivity index (χ4n) is 2.87. The molecule has 0 saturated carbocycles. The molecule has 1 N–H and O–H groups in total. The molecule has 1 atom stereocenters. The topological polar surface area (TPSA) is 78.3 Å². The predicted molar refractivity (Wildman–Crippen MR) is 100 cm³/mol. The first-order valence-electron chi connectivity index (χ1n) is 8.90. The van der Waals surface area contributed by atoms with Gasteiger partial charge in [0.2, 0.25) is 0 Å². The van der Waals surface area contributed by atoms with Crippen LogP contribution in [-0.4, -0.2) is 40.0 Å². The molecular formula is C20H20N4O3. The summed E-state index contributed by atoms with van der Waals surface area (Å²) in [4.78, 5) is 16.7. The van der Waals surface area contributed by atoms with Gasteiger partial charge in [-0.2, -0.15) is 5.10 Å². The van der Waals surface area contributed by atoms with E-state index in [-0.39, 0.29) is 12.0 Å². The number of carbonyl (C=O) groups excluding carboxylic acids is 1. The van der Waals surface area contributed by atoms with E-state index in [1.54, 1.807) is 53.5 Å². The van der Waals surface area contributed by atoms with Crippen molar-refractivity contribution in [2.75, 3.05) is 18.5 Å². The average Bonchev–Trinajstić information content (AvgIpc) is 3.41. The second kappa shape index (κ2) is 8.01. The lowest BCUT2D eigenvalue weighted by atomic mass is 10.2. The molecule has 1 unspecified atom stereocenters. The van der Waals surface area contributed by atoms with Crippen molar-refractivity contribution >= 4 is 11.6 Å². The zero-order valence-corrected chi connectivity index (χ0v) is 14.7. The molecule has 1 aliphatic heterocycles. The third-order valence-corrected chi connectivity index (χ3v) is 4.32. The molecule has 1 aromatic carbocycles. The Bertz CT molecular complexity index is 871. The maximum absolute atomic E-state index is 12.4. The van der Waals surface area contributed by atoms with E-state index in [0.29, 0.717) is 23.7 Å². The van der Waals surface area contributed by atoms with Crippen LogP contribution in [-0.2, 0) is 4.74 Å². The summed E-state index contributed by atoms with van der Waals surface area (Å²) in [5.41, 5.74) is 1.17. The van der Waals surface area contributed by atoms with Crippen LogP contribution in [0.1, 0.15) is 23.2 Å². The summed E-state index contributed by atoms with van der Waals surface area (Å²) in [5, 5.41) is 6.96. The van der Waals surface area contributed by atoms with Crippen molar-refractivity contribution in [3.8, 4) is 11.6 Å². The van der Waals surface area contributed by atoms with Gasteiger partial charge in [0, 0.05) is 24.6 Å². The Morgan fingerprint density at radius 2 is 2.15 bits per heavy atom. The predicted octanol–water partition coefficient (Wildman–Crippen LogP) is 3.08. The zero-order valence-electron chi connectivity index (χ0n) is 14.7. The van der Waals surface area contributed by atoms with Crippen LogP contribution >= 0.6 is 0 Å². The van der Waals surface area contributed by atoms with Gasteiger partial charge in [-0.1, -0.05) is 0 Å². The largest absolute Gasteiger partial charge is 0.491 e. The third-order valence-electron chi connectivity index (χ3n) is 4.32. The summed E-state index contributed by atoms with van der Waals surface area (Å²) in [6.45, 7) is 1.35. The Hall–Kier alpha value is -3.19. The lowest BCUT2D eigenvalue weighted by Crippen LogP contribution is -2.16. The quantitative estimate of drug-likeness (QED) is 0.727. The fraction of sp³-hybridized carbons (Fsp3) is 0.250. The summed E-state index contributed by atoms with van der Waals surface area (Å²) in [6.07, 6.45) is 7.39. The van der Waals surface area contributed by atoms with Crippen LogP contribution in [0.2, 0.25) is 0 Å². The van der Waals surface area contributed by atoms with Crippen LogP contribution in [0, 0.1) is 0 Å². The summed E-state index contributed by atoms with van der Waals surface area (Å²) < 4.78 is 12.9. The van der Waals surface area contributed by atoms with Crippen molar-refractivity contribution in [2.45, 2.75) is 18.9 Å². The van der Waals surface area contributed by atoms with E-state index in [2.05, 4.69) is 15.4 Å². The van der Waals surface area contributed by atoms with E-state index in [1.807, 2.05) is 12.3 Å². The molecule has 1 fully saturated rings. The van der Waals surface area contributed by atoms with Gasteiger partial charge in [-0.15, -0.1) is 0 Å². The van der Waals surface area contributed by atoms with Gasteiger partial charge in [0.1, 0.15) is 12.4 Å². The Morgan fingerprint density at radius 3 is 2.81 bits per heavy atom. The number of carbonyl (C=O) groups is 1. The Labute approximate surface area is 156 Å². The molecule has 1 saturated heterocycles. The van der Waals surface area contributed by atoms with Crippen molar-refractivity contribution in [1.82, 2.24) is 14.8 Å². The summed E-state index contributed by atoms with van der Waals surface area (Å²) >= 11 is 0. The van der Waals surface area contributed by atoms with Gasteiger partial charge >= 0.3 is 0 Å². The number of benzene rings is 1. The van der Waals surface area contributed by atoms with Crippen LogP contribution in [0.3, 0.4) is 0 Å². The lowest BCUT2D eigenvalue weighted by molar-refractivity contribution is 0.0679. The van der Waals surface area contributed by atoms with Crippen LogP contribution in [0.25, 0.3) is 5.82 Å². The minimum atomic E-state index is -0.200. The number of amides is 1. The Morgan fingerprint density at radius 1 is 1.26 bits per heavy atom. The van der Waals surface area contributed by atoms with E-state index in [0.717, 1.165) is 25.2 Å². The number of anilines is 1. The zero-order chi connectivity index (χ0) is 18.5. The smallest absolute Gasteiger partial charge is 0.255 e. The normalized spacial score (nSPS) is 16.2. The lowest BCUT2D eigenvalue weighted by Gasteiger charge is -2.12. The number of hydrogen-bond donors (Lipinski definition) is 1. The van der Waals surface area contributed by atoms with Crippen molar-refractivity contribution in [2.24, 2.45) is 0 Å². The van der Waals surface area contributed by atoms with Gasteiger partial charge in [0.05, 0.1) is 18.0 Å². The van der Waals surface area contributed by atoms with E-state index < -0.39 is 0 Å². The second-order valence-corrected chi connectivity index (χ2v) is 6.28. The number of hydrogen-bond acceptors (Lipinski definition) is 5. The standard InChI is InChI=1S/C20H20N4O3/c25-20(23-16-6-9-19(21-13-16)24-11-2-10-22-24)15-4-7-17(8-5-15)27-14-18-3-1-12-26-18/h2,4-11,13,18H,1,3,12,14H2,(H,23,25). The van der Waals surface area contributed by atoms with Crippen LogP contribution in [0.5, 0.6) is 5.75 Å². The van der Waals surface area contributed by atoms with E-state index >= 15 is 0 Å². The molecule has 1 amide bonds. The first kappa shape index (κ1) is 17.2. The number of nitrogens with zero attached hydrogens (tertiary/aromatic N) is 3. The molecule has 4 rings (SSSR count). The van der Waals surface area contributed by atoms with Crippen molar-refractivity contribution in [1.29, 1.82) is 0 Å². The van der Waals surface area contributed by atoms with Gasteiger partial charge in [0.15, 0.2) is 5.82 Å². The SMILES string of the molecule is O=C(Nc1ccc(-n2cccn2)nc1)c1ccc(OCC2CCCO2)cc1. The minimum absolute atomic E-state index is 0.171. The third kappa shape index (κ3) is 4.32. The highest BCUT2D eigenvalue weighted by molar-refractivity contribution is 6.04. The van der Waals surface area contributed by atoms with Crippen molar-refractivity contribution < 1.29 is 14.3 Å². The first-order valence-corrected chi connectivity index (χ1v) is 8.90. The first-order chi connectivity index (χ1) is 13.3. The molecule has 0 bridgehead atoms. The molecule has 7 heteroatoms. The molecule has 0 spiro atoms. The van der Waals surface area contributed by atoms with Gasteiger partial charge in [0.25, 0.3) is 5.91 Å². The molecule has 3 heterocycles. The van der Waals surface area contributed by atoms with Gasteiger partial charge in [-0.3, -0.25) is 4.79 Å². The van der Waals surface area contributed by atoms with E-state index in [1.165, 1.54) is 0 Å². The summed E-state index contributed by atoms with van der Waals surface area (Å²) in [6, 6.07) is 12.5. The highest BCUT2D eigenvalue weighted by atomic mass is 16.5. The molecule has 0 radical (unpaired) electrons. The van der Waals surface area contributed by atoms with Crippen molar-refractivity contribution in [3.63, 3.8) is 0 Å². The fourth-order valence-corrected chi connectivity index (χ4v) is 2.87. The summed E-state index contributed by atoms with van der Waals surface area (Å²) in [7, 11) is 0. The maximum atomic E-state index is 12.4. The minimum Gasteiger partial charge on any atom is -0.491 e. The van der Waals surface area contributed by atoms with E-state index in [4.69, 9.17) is 9.47 Å². The van der Waals surface area contributed by atoms with Crippen molar-refractivity contribution in [3.05, 3.63) is 66.6 Å². The molecule has 138 valence electrons. The molecule has 0 aliphatic carbocycles. The monoisotopic (exact) mass is 364 g/mol.